The van der Waals surface area contributed by atoms with Crippen LogP contribution in [0, 0.1) is 0 Å². The maximum atomic E-state index is 5.83. The van der Waals surface area contributed by atoms with Crippen LogP contribution in [0.4, 0.5) is 11.6 Å². The second kappa shape index (κ2) is 8.66. The van der Waals surface area contributed by atoms with Crippen molar-refractivity contribution in [1.29, 1.82) is 0 Å². The molecule has 0 aliphatic rings. The molecule has 0 amide bonds. The van der Waals surface area contributed by atoms with Crippen LogP contribution in [-0.2, 0) is 9.47 Å². The van der Waals surface area contributed by atoms with Crippen molar-refractivity contribution in [2.45, 2.75) is 13.8 Å². The lowest BCUT2D eigenvalue weighted by atomic mass is 10.4. The Bertz CT molecular complexity index is 326. The van der Waals surface area contributed by atoms with Gasteiger partial charge in [0.05, 0.1) is 13.2 Å². The van der Waals surface area contributed by atoms with Gasteiger partial charge in [-0.25, -0.2) is 9.97 Å². The Balaban J connectivity index is 2.60. The number of ether oxygens (including phenoxy) is 2. The fourth-order valence-electron chi connectivity index (χ4n) is 1.55. The summed E-state index contributed by atoms with van der Waals surface area (Å²) in [4.78, 5) is 10.3. The molecule has 0 saturated carbocycles. The Morgan fingerprint density at radius 2 is 1.61 bits per heavy atom. The van der Waals surface area contributed by atoms with Crippen LogP contribution in [0.25, 0.3) is 0 Å². The summed E-state index contributed by atoms with van der Waals surface area (Å²) in [6.07, 6.45) is 3.22. The predicted octanol–water partition coefficient (Wildman–Crippen LogP) is 0.938. The Morgan fingerprint density at radius 1 is 1.06 bits per heavy atom. The lowest BCUT2D eigenvalue weighted by molar-refractivity contribution is 0.141. The Labute approximate surface area is 108 Å². The summed E-state index contributed by atoms with van der Waals surface area (Å²) >= 11 is 0. The molecule has 1 rings (SSSR count). The van der Waals surface area contributed by atoms with E-state index < -0.39 is 0 Å². The highest BCUT2D eigenvalue weighted by Gasteiger charge is 2.11. The Morgan fingerprint density at radius 3 is 2.11 bits per heavy atom. The molecule has 0 bridgehead atoms. The van der Waals surface area contributed by atoms with Gasteiger partial charge in [0.25, 0.3) is 0 Å². The van der Waals surface area contributed by atoms with Gasteiger partial charge in [0, 0.05) is 38.7 Å². The van der Waals surface area contributed by atoms with Crippen molar-refractivity contribution in [2.24, 2.45) is 0 Å². The first-order valence-corrected chi connectivity index (χ1v) is 6.26. The van der Waals surface area contributed by atoms with E-state index in [1.54, 1.807) is 12.4 Å². The smallest absolute Gasteiger partial charge is 0.171 e. The van der Waals surface area contributed by atoms with Gasteiger partial charge in [-0.15, -0.1) is 0 Å². The van der Waals surface area contributed by atoms with Gasteiger partial charge in [-0.1, -0.05) is 0 Å². The Hall–Kier alpha value is -1.40. The third-order valence-electron chi connectivity index (χ3n) is 2.43. The fraction of sp³-hybridized carbons (Fsp3) is 0.667. The maximum Gasteiger partial charge on any atom is 0.171 e. The first-order chi connectivity index (χ1) is 8.79. The van der Waals surface area contributed by atoms with Gasteiger partial charge in [0.2, 0.25) is 0 Å². The number of nitrogen functional groups attached to an aromatic ring is 1. The number of anilines is 2. The zero-order valence-electron chi connectivity index (χ0n) is 11.1. The molecule has 1 heterocycles. The molecule has 0 saturated heterocycles. The van der Waals surface area contributed by atoms with Crippen LogP contribution in [-0.4, -0.2) is 49.5 Å². The van der Waals surface area contributed by atoms with E-state index >= 15 is 0 Å². The van der Waals surface area contributed by atoms with Gasteiger partial charge in [0.1, 0.15) is 0 Å². The van der Waals surface area contributed by atoms with Gasteiger partial charge in [-0.05, 0) is 13.8 Å². The summed E-state index contributed by atoms with van der Waals surface area (Å²) in [7, 11) is 0. The Kier molecular flexibility index (Phi) is 7.05. The van der Waals surface area contributed by atoms with Crippen LogP contribution < -0.4 is 10.6 Å². The lowest BCUT2D eigenvalue weighted by Gasteiger charge is -2.24. The van der Waals surface area contributed by atoms with Gasteiger partial charge in [-0.2, -0.15) is 0 Å². The molecule has 2 N–H and O–H groups in total. The monoisotopic (exact) mass is 254 g/mol. The third-order valence-corrected chi connectivity index (χ3v) is 2.43. The van der Waals surface area contributed by atoms with Gasteiger partial charge in [0.15, 0.2) is 11.6 Å². The normalized spacial score (nSPS) is 10.6. The topological polar surface area (TPSA) is 73.5 Å². The molecule has 0 aliphatic carbocycles. The van der Waals surface area contributed by atoms with Crippen molar-refractivity contribution >= 4 is 11.6 Å². The predicted molar refractivity (Wildman–Crippen MR) is 71.6 cm³/mol. The molecular formula is C12H22N4O2. The zero-order valence-corrected chi connectivity index (χ0v) is 11.1. The molecule has 1 aromatic rings. The first-order valence-electron chi connectivity index (χ1n) is 6.26. The number of rotatable bonds is 9. The van der Waals surface area contributed by atoms with Gasteiger partial charge < -0.3 is 20.1 Å². The van der Waals surface area contributed by atoms with Crippen molar-refractivity contribution in [2.75, 3.05) is 50.2 Å². The average Bonchev–Trinajstić information content (AvgIpc) is 2.38. The van der Waals surface area contributed by atoms with Crippen molar-refractivity contribution < 1.29 is 9.47 Å². The van der Waals surface area contributed by atoms with Gasteiger partial charge in [-0.3, -0.25) is 0 Å². The van der Waals surface area contributed by atoms with E-state index in [9.17, 15) is 0 Å². The van der Waals surface area contributed by atoms with Gasteiger partial charge >= 0.3 is 0 Å². The number of hydrogen-bond acceptors (Lipinski definition) is 6. The number of aromatic nitrogens is 2. The maximum absolute atomic E-state index is 5.83. The van der Waals surface area contributed by atoms with Crippen molar-refractivity contribution in [3.8, 4) is 0 Å². The van der Waals surface area contributed by atoms with Crippen LogP contribution in [0.2, 0.25) is 0 Å². The summed E-state index contributed by atoms with van der Waals surface area (Å²) in [6, 6.07) is 0. The molecule has 0 fully saturated rings. The summed E-state index contributed by atoms with van der Waals surface area (Å²) in [5.74, 6) is 1.13. The minimum atomic E-state index is 0.436. The molecule has 0 atom stereocenters. The molecule has 0 aliphatic heterocycles. The van der Waals surface area contributed by atoms with E-state index in [4.69, 9.17) is 15.2 Å². The van der Waals surface area contributed by atoms with E-state index in [1.165, 1.54) is 0 Å². The standard InChI is InChI=1S/C12H22N4O2/c1-3-17-9-7-16(8-10-18-4-2)12-11(13)14-5-6-15-12/h5-6H,3-4,7-10H2,1-2H3,(H2,13,14). The summed E-state index contributed by atoms with van der Waals surface area (Å²) in [6.45, 7) is 8.08. The minimum Gasteiger partial charge on any atom is -0.381 e. The molecule has 0 unspecified atom stereocenters. The molecule has 1 aromatic heterocycles. The van der Waals surface area contributed by atoms with Crippen LogP contribution in [0.1, 0.15) is 13.8 Å². The summed E-state index contributed by atoms with van der Waals surface area (Å²) in [5, 5.41) is 0. The molecule has 18 heavy (non-hydrogen) atoms. The van der Waals surface area contributed by atoms with Crippen molar-refractivity contribution in [3.63, 3.8) is 0 Å². The molecule has 6 nitrogen and oxygen atoms in total. The highest BCUT2D eigenvalue weighted by Crippen LogP contribution is 2.15. The molecule has 0 aromatic carbocycles. The molecule has 102 valence electrons. The van der Waals surface area contributed by atoms with Crippen LogP contribution >= 0.6 is 0 Å². The summed E-state index contributed by atoms with van der Waals surface area (Å²) in [5.41, 5.74) is 5.83. The van der Waals surface area contributed by atoms with Crippen LogP contribution in [0.3, 0.4) is 0 Å². The zero-order chi connectivity index (χ0) is 13.2. The molecule has 6 heteroatoms. The van der Waals surface area contributed by atoms with E-state index in [2.05, 4.69) is 9.97 Å². The number of nitrogens with two attached hydrogens (primary N) is 1. The second-order valence-electron chi connectivity index (χ2n) is 3.65. The molecule has 0 spiro atoms. The largest absolute Gasteiger partial charge is 0.381 e. The van der Waals surface area contributed by atoms with Crippen molar-refractivity contribution in [3.05, 3.63) is 12.4 Å². The van der Waals surface area contributed by atoms with Crippen LogP contribution in [0.15, 0.2) is 12.4 Å². The van der Waals surface area contributed by atoms with E-state index in [1.807, 2.05) is 18.7 Å². The highest BCUT2D eigenvalue weighted by atomic mass is 16.5. The van der Waals surface area contributed by atoms with E-state index in [0.717, 1.165) is 13.1 Å². The second-order valence-corrected chi connectivity index (χ2v) is 3.65. The fourth-order valence-corrected chi connectivity index (χ4v) is 1.55. The quantitative estimate of drug-likeness (QED) is 0.661. The average molecular weight is 254 g/mol. The number of hydrogen-bond donors (Lipinski definition) is 1. The third kappa shape index (κ3) is 4.85. The van der Waals surface area contributed by atoms with E-state index in [-0.39, 0.29) is 0 Å². The number of nitrogens with zero attached hydrogens (tertiary/aromatic N) is 3. The molecule has 0 radical (unpaired) electrons. The SMILES string of the molecule is CCOCCN(CCOCC)c1nccnc1N. The summed E-state index contributed by atoms with van der Waals surface area (Å²) < 4.78 is 10.7. The van der Waals surface area contributed by atoms with E-state index in [0.29, 0.717) is 38.1 Å². The first kappa shape index (κ1) is 14.7. The highest BCUT2D eigenvalue weighted by molar-refractivity contribution is 5.57. The van der Waals surface area contributed by atoms with Crippen molar-refractivity contribution in [1.82, 2.24) is 9.97 Å². The van der Waals surface area contributed by atoms with Crippen LogP contribution in [0.5, 0.6) is 0 Å². The molecular weight excluding hydrogens is 232 g/mol. The minimum absolute atomic E-state index is 0.436. The lowest BCUT2D eigenvalue weighted by Crippen LogP contribution is -2.32.